The predicted molar refractivity (Wildman–Crippen MR) is 241 cm³/mol. The quantitative estimate of drug-likeness (QED) is 0.0359. The van der Waals surface area contributed by atoms with Crippen LogP contribution in [0.25, 0.3) is 0 Å². The van der Waals surface area contributed by atoms with E-state index in [1.54, 1.807) is 0 Å². The monoisotopic (exact) mass is 973 g/mol. The van der Waals surface area contributed by atoms with E-state index in [-0.39, 0.29) is 5.75 Å². The number of aliphatic carboxylic acids is 1. The van der Waals surface area contributed by atoms with Crippen molar-refractivity contribution >= 4 is 89.5 Å². The average Bonchev–Trinajstić information content (AvgIpc) is 3.24. The van der Waals surface area contributed by atoms with Gasteiger partial charge in [0, 0.05) is 5.75 Å². The molecule has 27 nitrogen and oxygen atoms in total. The molecule has 28 heteroatoms. The lowest BCUT2D eigenvalue weighted by molar-refractivity contribution is -0.141. The van der Waals surface area contributed by atoms with Gasteiger partial charge < -0.3 is 74.6 Å². The van der Waals surface area contributed by atoms with Crippen LogP contribution in [0.2, 0.25) is 0 Å². The van der Waals surface area contributed by atoms with Crippen molar-refractivity contribution in [3.8, 4) is 0 Å². The number of carbonyl (C=O) groups excluding carboxylic acids is 12. The maximum Gasteiger partial charge on any atom is 0.325 e. The molecule has 0 spiro atoms. The highest BCUT2D eigenvalue weighted by Crippen LogP contribution is 1.98. The third kappa shape index (κ3) is 21.5. The van der Waals surface area contributed by atoms with E-state index in [1.165, 1.54) is 83.1 Å². The van der Waals surface area contributed by atoms with E-state index in [0.29, 0.717) is 0 Å². The summed E-state index contributed by atoms with van der Waals surface area (Å²) in [5, 5.41) is 37.2. The standard InChI is InChI=1S/C39H67N13O14S/c1-14(41-28(54)16(3)43-30(56)18(5)45-32(58)20(7)47-34(60)22(9)49-36(62)24(11)51-38(64)26(40)13-67)27(53)42-15(2)29(55)44-17(4)31(57)46-19(6)33(59)48-21(8)35(61)50-23(10)37(63)52-25(12)39(65)66/h14-26,67H,13,40H2,1-12H3,(H,41,54)(H,42,53)(H,43,56)(H,44,55)(H,45,58)(H,46,57)(H,47,60)(H,48,59)(H,49,62)(H,50,61)(H,51,64)(H,52,63)(H,65,66)/t14-,15-,16-,17-,18-,19-,20-,21-,22-,23-,24-,25-,26-/m0/s1. The number of carbonyl (C=O) groups is 13. The molecule has 0 saturated carbocycles. The Morgan fingerprint density at radius 1 is 0.299 bits per heavy atom. The molecule has 67 heavy (non-hydrogen) atoms. The Balaban J connectivity index is 4.94. The smallest absolute Gasteiger partial charge is 0.325 e. The van der Waals surface area contributed by atoms with Crippen LogP contribution in [0, 0.1) is 0 Å². The SMILES string of the molecule is C[C@H](NC(=O)[C@H](C)NC(=O)[C@H](C)NC(=O)[C@H](C)NC(=O)[C@H](C)NC(=O)[C@H](C)NC(=O)[C@H](C)NC(=O)[C@H](C)NC(=O)[C@H](C)NC(=O)[C@H](C)NC(=O)[C@H](C)NC(=O)[C@H](C)NC(=O)[C@@H](N)CS)C(=O)O. The first-order chi connectivity index (χ1) is 30.8. The van der Waals surface area contributed by atoms with Crippen LogP contribution in [0.3, 0.4) is 0 Å². The van der Waals surface area contributed by atoms with Crippen molar-refractivity contribution in [2.75, 3.05) is 5.75 Å². The number of nitrogens with one attached hydrogen (secondary N) is 12. The van der Waals surface area contributed by atoms with Crippen molar-refractivity contribution in [2.24, 2.45) is 5.73 Å². The van der Waals surface area contributed by atoms with Gasteiger partial charge in [-0.1, -0.05) is 0 Å². The van der Waals surface area contributed by atoms with E-state index in [4.69, 9.17) is 10.8 Å². The lowest BCUT2D eigenvalue weighted by Crippen LogP contribution is -2.58. The van der Waals surface area contributed by atoms with E-state index < -0.39 is 155 Å². The molecule has 378 valence electrons. The molecule has 0 aliphatic rings. The third-order valence-corrected chi connectivity index (χ3v) is 9.93. The van der Waals surface area contributed by atoms with Crippen LogP contribution < -0.4 is 69.5 Å². The Morgan fingerprint density at radius 3 is 0.537 bits per heavy atom. The van der Waals surface area contributed by atoms with Gasteiger partial charge in [-0.15, -0.1) is 0 Å². The summed E-state index contributed by atoms with van der Waals surface area (Å²) in [6, 6.07) is -15.2. The van der Waals surface area contributed by atoms with Gasteiger partial charge in [-0.3, -0.25) is 62.3 Å². The number of rotatable bonds is 26. The van der Waals surface area contributed by atoms with Crippen LogP contribution in [-0.4, -0.2) is 166 Å². The largest absolute Gasteiger partial charge is 0.480 e. The van der Waals surface area contributed by atoms with Crippen molar-refractivity contribution < 1.29 is 67.4 Å². The molecular formula is C39H67N13O14S. The van der Waals surface area contributed by atoms with Gasteiger partial charge in [-0.25, -0.2) is 0 Å². The van der Waals surface area contributed by atoms with Crippen LogP contribution in [0.1, 0.15) is 83.1 Å². The molecule has 0 aromatic carbocycles. The van der Waals surface area contributed by atoms with Gasteiger partial charge in [-0.05, 0) is 83.1 Å². The highest BCUT2D eigenvalue weighted by atomic mass is 32.1. The van der Waals surface area contributed by atoms with E-state index >= 15 is 0 Å². The molecule has 0 fully saturated rings. The van der Waals surface area contributed by atoms with Crippen molar-refractivity contribution in [3.63, 3.8) is 0 Å². The molecule has 0 aliphatic carbocycles. The minimum absolute atomic E-state index is 0.0449. The summed E-state index contributed by atoms with van der Waals surface area (Å²) in [5.41, 5.74) is 5.57. The van der Waals surface area contributed by atoms with E-state index in [0.717, 1.165) is 0 Å². The summed E-state index contributed by atoms with van der Waals surface area (Å²) in [7, 11) is 0. The molecule has 0 radical (unpaired) electrons. The molecular weight excluding hydrogens is 907 g/mol. The highest BCUT2D eigenvalue weighted by molar-refractivity contribution is 7.80. The molecule has 0 unspecified atom stereocenters. The molecule has 0 aliphatic heterocycles. The maximum absolute atomic E-state index is 12.8. The van der Waals surface area contributed by atoms with E-state index in [2.05, 4.69) is 76.4 Å². The molecule has 0 aromatic rings. The predicted octanol–water partition coefficient (Wildman–Crippen LogP) is -6.62. The van der Waals surface area contributed by atoms with Crippen LogP contribution in [-0.2, 0) is 62.3 Å². The van der Waals surface area contributed by atoms with Crippen molar-refractivity contribution in [3.05, 3.63) is 0 Å². The first-order valence-electron chi connectivity index (χ1n) is 21.1. The Bertz CT molecular complexity index is 1870. The molecule has 0 rings (SSSR count). The normalized spacial score (nSPS) is 16.6. The second-order valence-electron chi connectivity index (χ2n) is 15.9. The zero-order valence-electron chi connectivity index (χ0n) is 39.5. The first-order valence-corrected chi connectivity index (χ1v) is 21.7. The van der Waals surface area contributed by atoms with Gasteiger partial charge >= 0.3 is 5.97 Å². The van der Waals surface area contributed by atoms with Crippen molar-refractivity contribution in [1.82, 2.24) is 63.8 Å². The molecule has 0 bridgehead atoms. The Labute approximate surface area is 393 Å². The summed E-state index contributed by atoms with van der Waals surface area (Å²) < 4.78 is 0. The number of hydrogen-bond donors (Lipinski definition) is 15. The van der Waals surface area contributed by atoms with E-state index in [9.17, 15) is 62.3 Å². The number of hydrogen-bond acceptors (Lipinski definition) is 15. The number of amides is 12. The molecule has 0 aromatic heterocycles. The molecule has 0 saturated heterocycles. The minimum atomic E-state index is -1.28. The van der Waals surface area contributed by atoms with Gasteiger partial charge in [0.15, 0.2) is 0 Å². The Kier molecular flexibility index (Phi) is 25.7. The number of carboxylic acids is 1. The van der Waals surface area contributed by atoms with Gasteiger partial charge in [0.2, 0.25) is 70.9 Å². The fourth-order valence-corrected chi connectivity index (χ4v) is 5.07. The van der Waals surface area contributed by atoms with Crippen LogP contribution in [0.15, 0.2) is 0 Å². The number of thiol groups is 1. The summed E-state index contributed by atoms with van der Waals surface area (Å²) in [6.07, 6.45) is 0. The molecule has 12 amide bonds. The zero-order valence-corrected chi connectivity index (χ0v) is 40.4. The van der Waals surface area contributed by atoms with Gasteiger partial charge in [0.25, 0.3) is 0 Å². The van der Waals surface area contributed by atoms with E-state index in [1.807, 2.05) is 0 Å². The lowest BCUT2D eigenvalue weighted by Gasteiger charge is -2.24. The summed E-state index contributed by atoms with van der Waals surface area (Å²) >= 11 is 3.92. The lowest BCUT2D eigenvalue weighted by atomic mass is 10.2. The topological polar surface area (TPSA) is 413 Å². The average molecular weight is 974 g/mol. The number of carboxylic acid groups (broad SMARTS) is 1. The minimum Gasteiger partial charge on any atom is -0.480 e. The maximum atomic E-state index is 12.8. The summed E-state index contributed by atoms with van der Waals surface area (Å²) in [4.78, 5) is 162. The second-order valence-corrected chi connectivity index (χ2v) is 16.3. The highest BCUT2D eigenvalue weighted by Gasteiger charge is 2.30. The molecule has 0 heterocycles. The van der Waals surface area contributed by atoms with Crippen molar-refractivity contribution in [2.45, 2.75) is 162 Å². The number of nitrogens with two attached hydrogens (primary N) is 1. The van der Waals surface area contributed by atoms with Crippen LogP contribution in [0.4, 0.5) is 0 Å². The zero-order chi connectivity index (χ0) is 52.2. The van der Waals surface area contributed by atoms with Crippen LogP contribution >= 0.6 is 12.6 Å². The third-order valence-electron chi connectivity index (χ3n) is 9.54. The van der Waals surface area contributed by atoms with Gasteiger partial charge in [-0.2, -0.15) is 12.6 Å². The Hall–Kier alpha value is -6.58. The molecule has 13 atom stereocenters. The van der Waals surface area contributed by atoms with Crippen LogP contribution in [0.5, 0.6) is 0 Å². The second kappa shape index (κ2) is 28.5. The fraction of sp³-hybridized carbons (Fsp3) is 0.667. The Morgan fingerprint density at radius 2 is 0.418 bits per heavy atom. The first kappa shape index (κ1) is 60.4. The summed E-state index contributed by atoms with van der Waals surface area (Å²) in [6.45, 7) is 15.7. The fourth-order valence-electron chi connectivity index (χ4n) is 4.91. The molecule has 15 N–H and O–H groups in total. The van der Waals surface area contributed by atoms with Gasteiger partial charge in [0.05, 0.1) is 6.04 Å². The summed E-state index contributed by atoms with van der Waals surface area (Å²) in [5.74, 6) is -10.5. The van der Waals surface area contributed by atoms with Gasteiger partial charge in [0.1, 0.15) is 72.5 Å². The van der Waals surface area contributed by atoms with Crippen molar-refractivity contribution in [1.29, 1.82) is 0 Å².